The second-order valence-electron chi connectivity index (χ2n) is 7.87. The van der Waals surface area contributed by atoms with E-state index in [-0.39, 0.29) is 11.9 Å². The highest BCUT2D eigenvalue weighted by Gasteiger charge is 2.20. The lowest BCUT2D eigenvalue weighted by Gasteiger charge is -2.18. The Kier molecular flexibility index (Phi) is 5.76. The average molecular weight is 414 g/mol. The summed E-state index contributed by atoms with van der Waals surface area (Å²) in [4.78, 5) is 17.8. The lowest BCUT2D eigenvalue weighted by Crippen LogP contribution is -2.29. The van der Waals surface area contributed by atoms with E-state index >= 15 is 0 Å². The van der Waals surface area contributed by atoms with Gasteiger partial charge >= 0.3 is 0 Å². The molecule has 158 valence electrons. The summed E-state index contributed by atoms with van der Waals surface area (Å²) in [5.41, 5.74) is 5.77. The Morgan fingerprint density at radius 1 is 1.06 bits per heavy atom. The largest absolute Gasteiger partial charge is 0.496 e. The molecule has 0 aliphatic heterocycles. The Labute approximate surface area is 182 Å². The van der Waals surface area contributed by atoms with E-state index < -0.39 is 0 Å². The van der Waals surface area contributed by atoms with Crippen molar-refractivity contribution >= 4 is 16.9 Å². The van der Waals surface area contributed by atoms with Crippen LogP contribution in [0.4, 0.5) is 0 Å². The van der Waals surface area contributed by atoms with Gasteiger partial charge in [0.05, 0.1) is 30.7 Å². The van der Waals surface area contributed by atoms with Gasteiger partial charge in [0.1, 0.15) is 11.6 Å². The van der Waals surface area contributed by atoms with E-state index in [1.807, 2.05) is 75.4 Å². The van der Waals surface area contributed by atoms with E-state index in [1.165, 1.54) is 0 Å². The molecule has 5 heteroatoms. The molecule has 0 bridgehead atoms. The number of para-hydroxylation sites is 3. The number of ether oxygens (including phenoxy) is 1. The highest BCUT2D eigenvalue weighted by atomic mass is 16.5. The summed E-state index contributed by atoms with van der Waals surface area (Å²) in [6, 6.07) is 21.6. The van der Waals surface area contributed by atoms with Crippen LogP contribution in [-0.4, -0.2) is 22.6 Å². The molecule has 0 radical (unpaired) electrons. The van der Waals surface area contributed by atoms with Crippen molar-refractivity contribution in [1.29, 1.82) is 0 Å². The first-order chi connectivity index (χ1) is 15.0. The lowest BCUT2D eigenvalue weighted by atomic mass is 10.0. The molecule has 0 saturated carbocycles. The van der Waals surface area contributed by atoms with Crippen molar-refractivity contribution < 1.29 is 9.53 Å². The van der Waals surface area contributed by atoms with Crippen molar-refractivity contribution in [2.45, 2.75) is 33.4 Å². The van der Waals surface area contributed by atoms with Crippen LogP contribution in [0.2, 0.25) is 0 Å². The molecule has 1 N–H and O–H groups in total. The normalized spacial score (nSPS) is 12.0. The van der Waals surface area contributed by atoms with E-state index in [1.54, 1.807) is 7.11 Å². The van der Waals surface area contributed by atoms with Crippen LogP contribution in [0.5, 0.6) is 5.75 Å². The molecule has 0 aliphatic rings. The van der Waals surface area contributed by atoms with Gasteiger partial charge in [-0.1, -0.05) is 48.0 Å². The summed E-state index contributed by atoms with van der Waals surface area (Å²) in [6.45, 7) is 6.56. The standard InChI is InChI=1S/C26H27N3O2/c1-17-13-14-21(18(2)15-17)26(30)27-19(3)25-28-22-10-6-7-11-23(22)29(25)16-20-9-5-8-12-24(20)31-4/h5-15,19H,16H2,1-4H3,(H,27,30). The minimum atomic E-state index is -0.268. The van der Waals surface area contributed by atoms with Crippen LogP contribution in [0.15, 0.2) is 66.7 Å². The number of aromatic nitrogens is 2. The highest BCUT2D eigenvalue weighted by Crippen LogP contribution is 2.26. The van der Waals surface area contributed by atoms with Crippen molar-refractivity contribution in [2.24, 2.45) is 0 Å². The molecule has 3 aromatic carbocycles. The minimum Gasteiger partial charge on any atom is -0.496 e. The third-order valence-corrected chi connectivity index (χ3v) is 5.57. The number of imidazole rings is 1. The molecular formula is C26H27N3O2. The van der Waals surface area contributed by atoms with Gasteiger partial charge in [-0.15, -0.1) is 0 Å². The summed E-state index contributed by atoms with van der Waals surface area (Å²) in [5, 5.41) is 3.13. The molecule has 1 aromatic heterocycles. The number of hydrogen-bond acceptors (Lipinski definition) is 3. The quantitative estimate of drug-likeness (QED) is 0.473. The molecule has 1 amide bonds. The zero-order valence-corrected chi connectivity index (χ0v) is 18.3. The average Bonchev–Trinajstić information content (AvgIpc) is 3.12. The number of fused-ring (bicyclic) bond motifs is 1. The van der Waals surface area contributed by atoms with Gasteiger partial charge in [-0.2, -0.15) is 0 Å². The molecule has 31 heavy (non-hydrogen) atoms. The molecule has 4 rings (SSSR count). The van der Waals surface area contributed by atoms with Crippen LogP contribution in [0.3, 0.4) is 0 Å². The van der Waals surface area contributed by atoms with Crippen LogP contribution < -0.4 is 10.1 Å². The van der Waals surface area contributed by atoms with E-state index in [9.17, 15) is 4.79 Å². The van der Waals surface area contributed by atoms with Gasteiger partial charge in [-0.25, -0.2) is 4.98 Å². The summed E-state index contributed by atoms with van der Waals surface area (Å²) in [7, 11) is 1.68. The smallest absolute Gasteiger partial charge is 0.252 e. The third kappa shape index (κ3) is 4.17. The predicted octanol–water partition coefficient (Wildman–Crippen LogP) is 5.20. The molecule has 5 nitrogen and oxygen atoms in total. The number of carbonyl (C=O) groups excluding carboxylic acids is 1. The highest BCUT2D eigenvalue weighted by molar-refractivity contribution is 5.96. The van der Waals surface area contributed by atoms with Crippen molar-refractivity contribution in [1.82, 2.24) is 14.9 Å². The zero-order chi connectivity index (χ0) is 22.0. The van der Waals surface area contributed by atoms with E-state index in [0.717, 1.165) is 39.3 Å². The summed E-state index contributed by atoms with van der Waals surface area (Å²) < 4.78 is 7.70. The number of aryl methyl sites for hydroxylation is 2. The Bertz CT molecular complexity index is 1240. The van der Waals surface area contributed by atoms with Crippen LogP contribution in [0, 0.1) is 13.8 Å². The number of methoxy groups -OCH3 is 1. The number of nitrogens with one attached hydrogen (secondary N) is 1. The Morgan fingerprint density at radius 2 is 1.81 bits per heavy atom. The maximum absolute atomic E-state index is 13.0. The van der Waals surface area contributed by atoms with Gasteiger partial charge in [0.25, 0.3) is 5.91 Å². The van der Waals surface area contributed by atoms with Crippen molar-refractivity contribution in [2.75, 3.05) is 7.11 Å². The SMILES string of the molecule is COc1ccccc1Cn1c(C(C)NC(=O)c2ccc(C)cc2C)nc2ccccc21. The Balaban J connectivity index is 1.69. The first-order valence-electron chi connectivity index (χ1n) is 10.4. The maximum atomic E-state index is 13.0. The first kappa shape index (κ1) is 20.7. The topological polar surface area (TPSA) is 56.1 Å². The molecule has 0 spiro atoms. The van der Waals surface area contributed by atoms with Crippen LogP contribution >= 0.6 is 0 Å². The fraction of sp³-hybridized carbons (Fsp3) is 0.231. The van der Waals surface area contributed by atoms with Gasteiger partial charge in [0.2, 0.25) is 0 Å². The lowest BCUT2D eigenvalue weighted by molar-refractivity contribution is 0.0937. The van der Waals surface area contributed by atoms with Gasteiger partial charge in [-0.05, 0) is 50.6 Å². The molecule has 4 aromatic rings. The zero-order valence-electron chi connectivity index (χ0n) is 18.3. The van der Waals surface area contributed by atoms with E-state index in [2.05, 4.69) is 22.0 Å². The van der Waals surface area contributed by atoms with E-state index in [4.69, 9.17) is 9.72 Å². The van der Waals surface area contributed by atoms with Gasteiger partial charge in [0, 0.05) is 11.1 Å². The van der Waals surface area contributed by atoms with Crippen molar-refractivity contribution in [3.05, 3.63) is 94.8 Å². The maximum Gasteiger partial charge on any atom is 0.252 e. The number of carbonyl (C=O) groups is 1. The number of hydrogen-bond donors (Lipinski definition) is 1. The number of benzene rings is 3. The number of rotatable bonds is 6. The number of amides is 1. The third-order valence-electron chi connectivity index (χ3n) is 5.57. The summed E-state index contributed by atoms with van der Waals surface area (Å²) >= 11 is 0. The molecule has 0 saturated heterocycles. The summed E-state index contributed by atoms with van der Waals surface area (Å²) in [5.74, 6) is 1.55. The second-order valence-corrected chi connectivity index (χ2v) is 7.87. The van der Waals surface area contributed by atoms with Gasteiger partial charge in [-0.3, -0.25) is 4.79 Å². The molecule has 1 heterocycles. The van der Waals surface area contributed by atoms with E-state index in [0.29, 0.717) is 12.1 Å². The van der Waals surface area contributed by atoms with Gasteiger partial charge in [0.15, 0.2) is 0 Å². The molecule has 0 fully saturated rings. The van der Waals surface area contributed by atoms with Gasteiger partial charge < -0.3 is 14.6 Å². The van der Waals surface area contributed by atoms with Crippen molar-refractivity contribution in [3.8, 4) is 5.75 Å². The predicted molar refractivity (Wildman–Crippen MR) is 124 cm³/mol. The Morgan fingerprint density at radius 3 is 2.58 bits per heavy atom. The first-order valence-corrected chi connectivity index (χ1v) is 10.4. The molecule has 0 aliphatic carbocycles. The van der Waals surface area contributed by atoms with Crippen molar-refractivity contribution in [3.63, 3.8) is 0 Å². The Hall–Kier alpha value is -3.60. The van der Waals surface area contributed by atoms with Crippen LogP contribution in [0.1, 0.15) is 45.8 Å². The fourth-order valence-corrected chi connectivity index (χ4v) is 4.00. The fourth-order valence-electron chi connectivity index (χ4n) is 4.00. The van der Waals surface area contributed by atoms with Crippen LogP contribution in [0.25, 0.3) is 11.0 Å². The minimum absolute atomic E-state index is 0.0964. The van der Waals surface area contributed by atoms with Crippen LogP contribution in [-0.2, 0) is 6.54 Å². The molecule has 1 unspecified atom stereocenters. The molecular weight excluding hydrogens is 386 g/mol. The molecule has 1 atom stereocenters. The monoisotopic (exact) mass is 413 g/mol. The number of nitrogens with zero attached hydrogens (tertiary/aromatic N) is 2. The summed E-state index contributed by atoms with van der Waals surface area (Å²) in [6.07, 6.45) is 0. The second kappa shape index (κ2) is 8.64.